The van der Waals surface area contributed by atoms with Crippen molar-refractivity contribution in [1.29, 1.82) is 0 Å². The number of hydrogen-bond acceptors (Lipinski definition) is 13. The Kier molecular flexibility index (Phi) is 15.2. The Hall–Kier alpha value is -7.06. The summed E-state index contributed by atoms with van der Waals surface area (Å²) in [5.41, 5.74) is 3.49. The number of ether oxygens (including phenoxy) is 4. The second-order valence-corrected chi connectivity index (χ2v) is 19.9. The molecule has 2 aromatic carbocycles. The summed E-state index contributed by atoms with van der Waals surface area (Å²) < 4.78 is 21.6. The van der Waals surface area contributed by atoms with E-state index in [0.717, 1.165) is 28.2 Å². The van der Waals surface area contributed by atoms with Crippen LogP contribution in [0.1, 0.15) is 83.0 Å². The number of piperazine rings is 1. The van der Waals surface area contributed by atoms with Crippen LogP contribution in [0.15, 0.2) is 73.1 Å². The van der Waals surface area contributed by atoms with Gasteiger partial charge in [-0.15, -0.1) is 0 Å². The van der Waals surface area contributed by atoms with Gasteiger partial charge < -0.3 is 59.5 Å². The SMILES string of the molecule is COC(=O)N[C@H](C(=O)N1CC2(C[C@H]1c1ncc(-c3ccc(-c4ccc(C(=O)Nc5ccc(N6CCN(C(=O)[C@]7(C)CCCN7C(=O)[C@@H](NC(=O)OC)C(C)C)C[C@H]6C)nc5)cc4)cc3)[nH]1)OCCO2)C(C)C. The normalized spacial score (nSPS) is 21.5. The van der Waals surface area contributed by atoms with Crippen LogP contribution in [0.3, 0.4) is 0 Å². The van der Waals surface area contributed by atoms with Crippen molar-refractivity contribution in [2.75, 3.05) is 70.4 Å². The lowest BCUT2D eigenvalue weighted by Crippen LogP contribution is -2.64. The maximum Gasteiger partial charge on any atom is 0.407 e. The third kappa shape index (κ3) is 10.6. The fourth-order valence-corrected chi connectivity index (χ4v) is 10.3. The number of methoxy groups -OCH3 is 2. The standard InChI is InChI=1S/C52H66N10O10/c1-31(2)42(57-49(67)69-7)46(64)61-30-52(71-24-25-72-52)26-40(61)44-54-28-39(56-44)36-14-10-34(11-15-36)35-12-16-37(17-13-35)45(63)55-38-18-19-41(53-27-38)60-23-22-59(29-33(60)5)48(66)51(6)20-9-21-62(51)47(65)43(32(3)4)58-50(68)70-8/h10-19,27-28,31-33,40,42-43H,9,20-26,29-30H2,1-8H3,(H,54,56)(H,55,63)(H,57,67)(H,58,68)/t33-,40+,42+,43+,51+/m1/s1. The van der Waals surface area contributed by atoms with Gasteiger partial charge in [-0.1, -0.05) is 64.1 Å². The molecule has 6 amide bonds. The lowest BCUT2D eigenvalue weighted by molar-refractivity contribution is -0.153. The molecule has 0 saturated carbocycles. The number of nitrogens with zero attached hydrogens (tertiary/aromatic N) is 6. The Morgan fingerprint density at radius 2 is 1.38 bits per heavy atom. The lowest BCUT2D eigenvalue weighted by atomic mass is 9.93. The number of nitrogens with one attached hydrogen (secondary N) is 4. The van der Waals surface area contributed by atoms with Crippen LogP contribution in [0.4, 0.5) is 21.1 Å². The molecule has 1 spiro atoms. The number of aromatic nitrogens is 3. The monoisotopic (exact) mass is 990 g/mol. The van der Waals surface area contributed by atoms with Crippen LogP contribution >= 0.6 is 0 Å². The minimum atomic E-state index is -1.04. The molecule has 0 aliphatic carbocycles. The van der Waals surface area contributed by atoms with E-state index in [4.69, 9.17) is 23.9 Å². The predicted molar refractivity (Wildman–Crippen MR) is 266 cm³/mol. The average molecular weight is 991 g/mol. The summed E-state index contributed by atoms with van der Waals surface area (Å²) >= 11 is 0. The van der Waals surface area contributed by atoms with Crippen LogP contribution < -0.4 is 20.9 Å². The number of H-pyrrole nitrogens is 1. The number of benzene rings is 2. The number of anilines is 2. The summed E-state index contributed by atoms with van der Waals surface area (Å²) in [6, 6.07) is 16.7. The molecule has 20 nitrogen and oxygen atoms in total. The Morgan fingerprint density at radius 3 is 1.96 bits per heavy atom. The molecular weight excluding hydrogens is 925 g/mol. The number of hydrogen-bond donors (Lipinski definition) is 4. The summed E-state index contributed by atoms with van der Waals surface area (Å²) in [7, 11) is 2.51. The molecule has 72 heavy (non-hydrogen) atoms. The Bertz CT molecular complexity index is 2620. The van der Waals surface area contributed by atoms with E-state index in [1.807, 2.05) is 95.0 Å². The average Bonchev–Trinajstić information content (AvgIpc) is 4.22. The van der Waals surface area contributed by atoms with Crippen molar-refractivity contribution in [3.63, 3.8) is 0 Å². The van der Waals surface area contributed by atoms with E-state index in [0.29, 0.717) is 75.7 Å². The molecule has 6 heterocycles. The Morgan fingerprint density at radius 1 is 0.764 bits per heavy atom. The van der Waals surface area contributed by atoms with Gasteiger partial charge in [-0.25, -0.2) is 19.6 Å². The molecule has 4 saturated heterocycles. The van der Waals surface area contributed by atoms with Crippen molar-refractivity contribution in [3.8, 4) is 22.4 Å². The van der Waals surface area contributed by atoms with Gasteiger partial charge in [0.05, 0.1) is 63.8 Å². The van der Waals surface area contributed by atoms with Crippen molar-refractivity contribution >= 4 is 47.3 Å². The number of alkyl carbamates (subject to hydrolysis) is 2. The number of aromatic amines is 1. The predicted octanol–water partition coefficient (Wildman–Crippen LogP) is 5.59. The number of likely N-dealkylation sites (tertiary alicyclic amines) is 2. The van der Waals surface area contributed by atoms with E-state index in [-0.39, 0.29) is 48.1 Å². The van der Waals surface area contributed by atoms with Crippen molar-refractivity contribution < 1.29 is 47.7 Å². The van der Waals surface area contributed by atoms with E-state index in [1.165, 1.54) is 14.2 Å². The molecule has 4 aliphatic heterocycles. The molecule has 4 N–H and O–H groups in total. The van der Waals surface area contributed by atoms with Gasteiger partial charge >= 0.3 is 12.2 Å². The van der Waals surface area contributed by atoms with Gasteiger partial charge in [-0.3, -0.25) is 19.2 Å². The van der Waals surface area contributed by atoms with Crippen LogP contribution in [0.25, 0.3) is 22.4 Å². The highest BCUT2D eigenvalue weighted by molar-refractivity contribution is 6.04. The van der Waals surface area contributed by atoms with Gasteiger partial charge in [0.15, 0.2) is 5.79 Å². The molecule has 20 heteroatoms. The summed E-state index contributed by atoms with van der Waals surface area (Å²) in [5.74, 6) is -1.05. The fourth-order valence-electron chi connectivity index (χ4n) is 10.3. The molecule has 0 radical (unpaired) electrons. The minimum Gasteiger partial charge on any atom is -0.453 e. The van der Waals surface area contributed by atoms with Gasteiger partial charge in [-0.05, 0) is 79.5 Å². The smallest absolute Gasteiger partial charge is 0.407 e. The minimum absolute atomic E-state index is 0.0761. The van der Waals surface area contributed by atoms with Crippen LogP contribution in [0.2, 0.25) is 0 Å². The topological polar surface area (TPSA) is 230 Å². The first-order valence-electron chi connectivity index (χ1n) is 24.6. The Balaban J connectivity index is 0.855. The molecule has 4 fully saturated rings. The molecule has 2 aromatic heterocycles. The zero-order chi connectivity index (χ0) is 51.5. The summed E-state index contributed by atoms with van der Waals surface area (Å²) in [6.45, 7) is 14.1. The quantitative estimate of drug-likeness (QED) is 0.128. The van der Waals surface area contributed by atoms with Gasteiger partial charge in [-0.2, -0.15) is 0 Å². The fraction of sp³-hybridized carbons (Fsp3) is 0.500. The van der Waals surface area contributed by atoms with E-state index >= 15 is 0 Å². The number of carbonyl (C=O) groups is 6. The number of pyridine rings is 1. The third-order valence-corrected chi connectivity index (χ3v) is 14.3. The maximum absolute atomic E-state index is 14.2. The van der Waals surface area contributed by atoms with Gasteiger partial charge in [0.2, 0.25) is 17.7 Å². The van der Waals surface area contributed by atoms with Crippen molar-refractivity contribution in [1.82, 2.24) is 40.3 Å². The van der Waals surface area contributed by atoms with E-state index in [1.54, 1.807) is 34.3 Å². The first-order valence-corrected chi connectivity index (χ1v) is 24.6. The summed E-state index contributed by atoms with van der Waals surface area (Å²) in [5, 5.41) is 8.28. The zero-order valence-corrected chi connectivity index (χ0v) is 42.2. The second-order valence-electron chi connectivity index (χ2n) is 19.9. The highest BCUT2D eigenvalue weighted by atomic mass is 16.7. The number of imidazole rings is 1. The molecule has 4 aliphatic rings. The van der Waals surface area contributed by atoms with Crippen LogP contribution in [-0.2, 0) is 33.3 Å². The summed E-state index contributed by atoms with van der Waals surface area (Å²) in [6.07, 6.45) is 3.57. The molecular formula is C52H66N10O10. The molecule has 0 unspecified atom stereocenters. The molecule has 5 atom stereocenters. The molecule has 8 rings (SSSR count). The van der Waals surface area contributed by atoms with Crippen LogP contribution in [0.5, 0.6) is 0 Å². The van der Waals surface area contributed by atoms with E-state index < -0.39 is 41.6 Å². The Labute approximate surface area is 419 Å². The molecule has 0 bridgehead atoms. The second kappa shape index (κ2) is 21.3. The van der Waals surface area contributed by atoms with Crippen LogP contribution in [0, 0.1) is 11.8 Å². The largest absolute Gasteiger partial charge is 0.453 e. The number of carbonyl (C=O) groups excluding carboxylic acids is 6. The lowest BCUT2D eigenvalue weighted by Gasteiger charge is -2.45. The highest BCUT2D eigenvalue weighted by Crippen LogP contribution is 2.43. The number of rotatable bonds is 13. The maximum atomic E-state index is 14.2. The zero-order valence-electron chi connectivity index (χ0n) is 42.2. The van der Waals surface area contributed by atoms with Crippen molar-refractivity contribution in [3.05, 3.63) is 84.4 Å². The van der Waals surface area contributed by atoms with Gasteiger partial charge in [0.1, 0.15) is 29.3 Å². The van der Waals surface area contributed by atoms with Gasteiger partial charge in [0, 0.05) is 44.2 Å². The number of amides is 6. The van der Waals surface area contributed by atoms with Crippen molar-refractivity contribution in [2.45, 2.75) is 96.3 Å². The van der Waals surface area contributed by atoms with E-state index in [2.05, 4.69) is 30.8 Å². The van der Waals surface area contributed by atoms with Crippen molar-refractivity contribution in [2.24, 2.45) is 11.8 Å². The molecule has 384 valence electrons. The molecule has 4 aromatic rings. The van der Waals surface area contributed by atoms with Crippen LogP contribution in [-0.4, -0.2) is 155 Å². The summed E-state index contributed by atoms with van der Waals surface area (Å²) in [4.78, 5) is 99.6. The van der Waals surface area contributed by atoms with Gasteiger partial charge in [0.25, 0.3) is 5.91 Å². The first kappa shape index (κ1) is 51.3. The highest BCUT2D eigenvalue weighted by Gasteiger charge is 2.53. The first-order chi connectivity index (χ1) is 34.4. The third-order valence-electron chi connectivity index (χ3n) is 14.3. The van der Waals surface area contributed by atoms with E-state index in [9.17, 15) is 28.8 Å².